The van der Waals surface area contributed by atoms with Crippen molar-refractivity contribution in [3.8, 4) is 6.07 Å². The van der Waals surface area contributed by atoms with Gasteiger partial charge < -0.3 is 10.1 Å². The number of halogens is 6. The van der Waals surface area contributed by atoms with Gasteiger partial charge in [0.2, 0.25) is 0 Å². The Balaban J connectivity index is 1.66. The highest BCUT2D eigenvalue weighted by Gasteiger charge is 2.46. The fourth-order valence-corrected chi connectivity index (χ4v) is 4.71. The van der Waals surface area contributed by atoms with Gasteiger partial charge in [-0.3, -0.25) is 4.57 Å². The van der Waals surface area contributed by atoms with Crippen LogP contribution in [-0.2, 0) is 28.2 Å². The van der Waals surface area contributed by atoms with Gasteiger partial charge in [0.25, 0.3) is 0 Å². The van der Waals surface area contributed by atoms with E-state index in [0.717, 1.165) is 11.6 Å². The van der Waals surface area contributed by atoms with E-state index in [9.17, 15) is 36.4 Å². The number of ether oxygens (including phenoxy) is 1. The van der Waals surface area contributed by atoms with Crippen molar-refractivity contribution in [1.29, 1.82) is 5.26 Å². The summed E-state index contributed by atoms with van der Waals surface area (Å²) in [6.45, 7) is 3.36. The molecule has 3 atom stereocenters. The third-order valence-corrected chi connectivity index (χ3v) is 6.89. The lowest BCUT2D eigenvalue weighted by Crippen LogP contribution is -2.59. The zero-order valence-corrected chi connectivity index (χ0v) is 20.3. The summed E-state index contributed by atoms with van der Waals surface area (Å²) in [5.41, 5.74) is -5.38. The number of aromatic nitrogens is 3. The molecule has 4 rings (SSSR count). The van der Waals surface area contributed by atoms with Gasteiger partial charge in [-0.1, -0.05) is 36.4 Å². The van der Waals surface area contributed by atoms with Crippen molar-refractivity contribution in [2.75, 3.05) is 13.2 Å². The molecule has 0 radical (unpaired) electrons. The first kappa shape index (κ1) is 28.1. The van der Waals surface area contributed by atoms with Gasteiger partial charge in [0.1, 0.15) is 18.0 Å². The third kappa shape index (κ3) is 5.62. The summed E-state index contributed by atoms with van der Waals surface area (Å²) in [6, 6.07) is 12.3. The molecule has 3 aromatic rings. The molecular formula is C26H23F6N5O2. The molecule has 0 spiro atoms. The van der Waals surface area contributed by atoms with Crippen molar-refractivity contribution in [1.82, 2.24) is 20.1 Å². The highest BCUT2D eigenvalue weighted by atomic mass is 19.4. The molecule has 1 aliphatic rings. The van der Waals surface area contributed by atoms with Gasteiger partial charge in [0.05, 0.1) is 29.3 Å². The molecule has 39 heavy (non-hydrogen) atoms. The number of nitrogens with zero attached hydrogens (tertiary/aromatic N) is 3. The number of H-pyrrole nitrogens is 1. The Morgan fingerprint density at radius 3 is 2.21 bits per heavy atom. The second-order valence-electron chi connectivity index (χ2n) is 9.28. The minimum atomic E-state index is -5.01. The summed E-state index contributed by atoms with van der Waals surface area (Å²) < 4.78 is 87.6. The van der Waals surface area contributed by atoms with Crippen LogP contribution < -0.4 is 11.0 Å². The van der Waals surface area contributed by atoms with E-state index in [0.29, 0.717) is 12.1 Å². The summed E-state index contributed by atoms with van der Waals surface area (Å²) in [7, 11) is 0. The molecule has 2 aromatic carbocycles. The minimum Gasteiger partial charge on any atom is -0.367 e. The quantitative estimate of drug-likeness (QED) is 0.317. The van der Waals surface area contributed by atoms with Gasteiger partial charge in [-0.2, -0.15) is 36.7 Å². The molecule has 0 aliphatic carbocycles. The van der Waals surface area contributed by atoms with Crippen molar-refractivity contribution in [2.45, 2.75) is 42.4 Å². The lowest BCUT2D eigenvalue weighted by atomic mass is 9.76. The van der Waals surface area contributed by atoms with E-state index in [1.165, 1.54) is 10.9 Å². The summed E-state index contributed by atoms with van der Waals surface area (Å²) in [5, 5.41) is 19.2. The van der Waals surface area contributed by atoms with Crippen LogP contribution in [0.5, 0.6) is 0 Å². The number of alkyl halides is 6. The number of aromatic amines is 1. The molecule has 1 fully saturated rings. The lowest BCUT2D eigenvalue weighted by molar-refractivity contribution is -0.143. The van der Waals surface area contributed by atoms with E-state index in [1.807, 2.05) is 0 Å². The number of nitrogens with one attached hydrogen (secondary N) is 2. The fourth-order valence-electron chi connectivity index (χ4n) is 4.71. The number of piperidine rings is 1. The van der Waals surface area contributed by atoms with Crippen LogP contribution in [0.15, 0.2) is 72.3 Å². The van der Waals surface area contributed by atoms with E-state index in [-0.39, 0.29) is 37.6 Å². The largest absolute Gasteiger partial charge is 0.416 e. The predicted octanol–water partition coefficient (Wildman–Crippen LogP) is 5.05. The standard InChI is InChI=1S/C26H23F6N5O2/c1-2-21(17-10-19(25(27,28)29)12-20(11-17)26(30,31)32)39-15-24(18-6-4-3-5-7-18)9-8-23(13-33,14-34-24)37-16-35-36-22(37)38/h2-7,10-12,16,21,34H,1,8-9,14-15H2,(H,36,38)/t21-,23-,24-/m1/s1. The Bertz CT molecular complexity index is 1380. The molecular weight excluding hydrogens is 528 g/mol. The monoisotopic (exact) mass is 551 g/mol. The van der Waals surface area contributed by atoms with Crippen LogP contribution in [0.4, 0.5) is 26.3 Å². The second kappa shape index (κ2) is 10.3. The molecule has 2 heterocycles. The Morgan fingerprint density at radius 1 is 1.10 bits per heavy atom. The molecule has 0 amide bonds. The first-order valence-electron chi connectivity index (χ1n) is 11.7. The first-order chi connectivity index (χ1) is 18.3. The average molecular weight is 551 g/mol. The molecule has 0 saturated carbocycles. The Hall–Kier alpha value is -3.89. The van der Waals surface area contributed by atoms with Crippen LogP contribution in [-0.4, -0.2) is 27.9 Å². The third-order valence-electron chi connectivity index (χ3n) is 6.89. The van der Waals surface area contributed by atoms with Crippen LogP contribution in [0, 0.1) is 11.3 Å². The molecule has 0 bridgehead atoms. The number of hydrogen-bond acceptors (Lipinski definition) is 5. The summed E-state index contributed by atoms with van der Waals surface area (Å²) in [4.78, 5) is 12.2. The maximum Gasteiger partial charge on any atom is 0.416 e. The van der Waals surface area contributed by atoms with E-state index >= 15 is 0 Å². The molecule has 1 aliphatic heterocycles. The zero-order valence-electron chi connectivity index (χ0n) is 20.3. The van der Waals surface area contributed by atoms with Gasteiger partial charge in [-0.15, -0.1) is 6.58 Å². The Kier molecular flexibility index (Phi) is 7.46. The first-order valence-corrected chi connectivity index (χ1v) is 11.7. The van der Waals surface area contributed by atoms with Crippen molar-refractivity contribution in [3.05, 3.63) is 100 Å². The molecule has 206 valence electrons. The molecule has 7 nitrogen and oxygen atoms in total. The number of benzene rings is 2. The minimum absolute atomic E-state index is 0.0122. The molecule has 1 aromatic heterocycles. The Labute approximate surface area is 218 Å². The summed E-state index contributed by atoms with van der Waals surface area (Å²) in [5.74, 6) is 0. The topological polar surface area (TPSA) is 95.7 Å². The van der Waals surface area contributed by atoms with Crippen LogP contribution in [0.1, 0.15) is 41.2 Å². The van der Waals surface area contributed by atoms with Crippen molar-refractivity contribution >= 4 is 0 Å². The zero-order chi connectivity index (χ0) is 28.5. The summed E-state index contributed by atoms with van der Waals surface area (Å²) in [6.07, 6.45) is -8.57. The summed E-state index contributed by atoms with van der Waals surface area (Å²) >= 11 is 0. The highest BCUT2D eigenvalue weighted by molar-refractivity contribution is 5.36. The smallest absolute Gasteiger partial charge is 0.367 e. The van der Waals surface area contributed by atoms with Crippen LogP contribution in [0.25, 0.3) is 0 Å². The van der Waals surface area contributed by atoms with Gasteiger partial charge in [-0.05, 0) is 42.2 Å². The van der Waals surface area contributed by atoms with Crippen LogP contribution >= 0.6 is 0 Å². The van der Waals surface area contributed by atoms with Gasteiger partial charge in [0, 0.05) is 6.54 Å². The van der Waals surface area contributed by atoms with E-state index in [2.05, 4.69) is 28.2 Å². The van der Waals surface area contributed by atoms with Crippen molar-refractivity contribution in [2.24, 2.45) is 0 Å². The maximum atomic E-state index is 13.4. The SMILES string of the molecule is C=C[C@@H](OC[C@@]1(c2ccccc2)CC[C@](C#N)(n2cn[nH]c2=O)CN1)c1cc(C(F)(F)F)cc(C(F)(F)F)c1. The number of hydrogen-bond donors (Lipinski definition) is 2. The van der Waals surface area contributed by atoms with E-state index in [1.54, 1.807) is 30.3 Å². The maximum absolute atomic E-state index is 13.4. The van der Waals surface area contributed by atoms with Crippen molar-refractivity contribution < 1.29 is 31.1 Å². The normalized spacial score (nSPS) is 22.7. The molecule has 2 N–H and O–H groups in total. The molecule has 1 saturated heterocycles. The van der Waals surface area contributed by atoms with Crippen molar-refractivity contribution in [3.63, 3.8) is 0 Å². The fraction of sp³-hybridized carbons (Fsp3) is 0.346. The van der Waals surface area contributed by atoms with E-state index < -0.39 is 46.4 Å². The van der Waals surface area contributed by atoms with Gasteiger partial charge in [-0.25, -0.2) is 9.89 Å². The van der Waals surface area contributed by atoms with Crippen LogP contribution in [0.2, 0.25) is 0 Å². The number of nitriles is 1. The van der Waals surface area contributed by atoms with Crippen LogP contribution in [0.3, 0.4) is 0 Å². The lowest BCUT2D eigenvalue weighted by Gasteiger charge is -2.45. The number of rotatable bonds is 7. The van der Waals surface area contributed by atoms with Gasteiger partial charge in [0.15, 0.2) is 0 Å². The average Bonchev–Trinajstić information content (AvgIpc) is 3.35. The van der Waals surface area contributed by atoms with E-state index in [4.69, 9.17) is 4.74 Å². The predicted molar refractivity (Wildman–Crippen MR) is 127 cm³/mol. The highest BCUT2D eigenvalue weighted by Crippen LogP contribution is 2.40. The van der Waals surface area contributed by atoms with Gasteiger partial charge >= 0.3 is 18.0 Å². The molecule has 0 unspecified atom stereocenters. The molecule has 13 heteroatoms. The Morgan fingerprint density at radius 2 is 1.74 bits per heavy atom. The second-order valence-corrected chi connectivity index (χ2v) is 9.28.